The minimum atomic E-state index is -3.68. The first kappa shape index (κ1) is 19.8. The third kappa shape index (κ3) is 4.68. The summed E-state index contributed by atoms with van der Waals surface area (Å²) in [7, 11) is -2.24. The molecule has 0 radical (unpaired) electrons. The predicted octanol–water partition coefficient (Wildman–Crippen LogP) is 4.31. The zero-order valence-electron chi connectivity index (χ0n) is 14.7. The topological polar surface area (TPSA) is 76.3 Å². The Balaban J connectivity index is 1.75. The van der Waals surface area contributed by atoms with Gasteiger partial charge in [-0.25, -0.2) is 8.42 Å². The first-order valence-electron chi connectivity index (χ1n) is 8.03. The number of nitrogens with zero attached hydrogens (tertiary/aromatic N) is 3. The highest BCUT2D eigenvalue weighted by Crippen LogP contribution is 2.27. The molecule has 0 unspecified atom stereocenters. The normalized spacial score (nSPS) is 11.9. The highest BCUT2D eigenvalue weighted by molar-refractivity contribution is 7.88. The molecular formula is C18H17Cl2N3O3S. The van der Waals surface area contributed by atoms with Crippen LogP contribution >= 0.6 is 23.2 Å². The van der Waals surface area contributed by atoms with Gasteiger partial charge >= 0.3 is 0 Å². The number of aryl methyl sites for hydroxylation is 1. The maximum atomic E-state index is 12.6. The summed E-state index contributed by atoms with van der Waals surface area (Å²) in [5.41, 5.74) is 2.27. The second kappa shape index (κ2) is 7.98. The highest BCUT2D eigenvalue weighted by Gasteiger charge is 2.24. The Labute approximate surface area is 167 Å². The van der Waals surface area contributed by atoms with Gasteiger partial charge in [0.2, 0.25) is 21.7 Å². The minimum Gasteiger partial charge on any atom is -0.338 e. The third-order valence-electron chi connectivity index (χ3n) is 4.00. The van der Waals surface area contributed by atoms with Crippen LogP contribution in [0.4, 0.5) is 0 Å². The van der Waals surface area contributed by atoms with Crippen molar-refractivity contribution in [2.45, 2.75) is 19.2 Å². The fourth-order valence-electron chi connectivity index (χ4n) is 2.39. The molecule has 0 atom stereocenters. The standard InChI is InChI=1S/C18H17Cl2N3O3S/c1-12-6-8-13(9-7-12)18-21-17(26-22-18)10-23(2)27(24,25)11-14-15(19)4-3-5-16(14)20/h3-9H,10-11H2,1-2H3. The van der Waals surface area contributed by atoms with Crippen LogP contribution in [0.1, 0.15) is 17.0 Å². The van der Waals surface area contributed by atoms with Crippen molar-refractivity contribution in [2.75, 3.05) is 7.05 Å². The Kier molecular flexibility index (Phi) is 5.86. The first-order valence-corrected chi connectivity index (χ1v) is 10.4. The van der Waals surface area contributed by atoms with Crippen LogP contribution in [0.2, 0.25) is 10.0 Å². The molecule has 1 aromatic heterocycles. The van der Waals surface area contributed by atoms with Gasteiger partial charge in [0.1, 0.15) is 0 Å². The van der Waals surface area contributed by atoms with Crippen LogP contribution in [0.25, 0.3) is 11.4 Å². The van der Waals surface area contributed by atoms with Crippen LogP contribution in [0.15, 0.2) is 47.0 Å². The van der Waals surface area contributed by atoms with E-state index >= 15 is 0 Å². The SMILES string of the molecule is Cc1ccc(-c2noc(CN(C)S(=O)(=O)Cc3c(Cl)cccc3Cl)n2)cc1. The Bertz CT molecular complexity index is 1030. The quantitative estimate of drug-likeness (QED) is 0.587. The maximum Gasteiger partial charge on any atom is 0.242 e. The van der Waals surface area contributed by atoms with E-state index in [2.05, 4.69) is 10.1 Å². The van der Waals surface area contributed by atoms with Crippen molar-refractivity contribution in [1.29, 1.82) is 0 Å². The van der Waals surface area contributed by atoms with Gasteiger partial charge in [-0.1, -0.05) is 64.3 Å². The lowest BCUT2D eigenvalue weighted by molar-refractivity contribution is 0.336. The van der Waals surface area contributed by atoms with Crippen molar-refractivity contribution in [1.82, 2.24) is 14.4 Å². The average Bonchev–Trinajstić information content (AvgIpc) is 3.07. The fourth-order valence-corrected chi connectivity index (χ4v) is 4.28. The summed E-state index contributed by atoms with van der Waals surface area (Å²) < 4.78 is 31.6. The molecule has 0 saturated carbocycles. The Hall–Kier alpha value is -1.93. The second-order valence-electron chi connectivity index (χ2n) is 6.09. The maximum absolute atomic E-state index is 12.6. The van der Waals surface area contributed by atoms with Gasteiger partial charge in [-0.15, -0.1) is 0 Å². The van der Waals surface area contributed by atoms with Gasteiger partial charge in [0.15, 0.2) is 0 Å². The Morgan fingerprint density at radius 3 is 2.33 bits per heavy atom. The van der Waals surface area contributed by atoms with E-state index in [4.69, 9.17) is 27.7 Å². The van der Waals surface area contributed by atoms with Crippen molar-refractivity contribution in [3.8, 4) is 11.4 Å². The molecule has 0 aliphatic carbocycles. The summed E-state index contributed by atoms with van der Waals surface area (Å²) in [6.45, 7) is 1.93. The number of halogens is 2. The van der Waals surface area contributed by atoms with Crippen LogP contribution in [-0.4, -0.2) is 29.9 Å². The van der Waals surface area contributed by atoms with Gasteiger partial charge in [-0.3, -0.25) is 0 Å². The summed E-state index contributed by atoms with van der Waals surface area (Å²) in [6, 6.07) is 12.5. The molecule has 0 fully saturated rings. The monoisotopic (exact) mass is 425 g/mol. The van der Waals surface area contributed by atoms with Gasteiger partial charge < -0.3 is 4.52 Å². The van der Waals surface area contributed by atoms with E-state index in [1.807, 2.05) is 31.2 Å². The van der Waals surface area contributed by atoms with E-state index in [0.717, 1.165) is 15.4 Å². The molecule has 6 nitrogen and oxygen atoms in total. The minimum absolute atomic E-state index is 0.0523. The summed E-state index contributed by atoms with van der Waals surface area (Å²) in [5, 5.41) is 4.52. The zero-order chi connectivity index (χ0) is 19.6. The first-order chi connectivity index (χ1) is 12.8. The summed E-state index contributed by atoms with van der Waals surface area (Å²) >= 11 is 12.1. The molecule has 0 aliphatic heterocycles. The molecule has 0 spiro atoms. The van der Waals surface area contributed by atoms with E-state index < -0.39 is 10.0 Å². The number of hydrogen-bond donors (Lipinski definition) is 0. The lowest BCUT2D eigenvalue weighted by Crippen LogP contribution is -2.28. The van der Waals surface area contributed by atoms with Gasteiger partial charge in [0.25, 0.3) is 0 Å². The van der Waals surface area contributed by atoms with Crippen LogP contribution in [0, 0.1) is 6.92 Å². The van der Waals surface area contributed by atoms with Crippen molar-refractivity contribution < 1.29 is 12.9 Å². The number of aromatic nitrogens is 2. The van der Waals surface area contributed by atoms with Gasteiger partial charge in [0.05, 0.1) is 12.3 Å². The van der Waals surface area contributed by atoms with Gasteiger partial charge in [-0.05, 0) is 19.1 Å². The smallest absolute Gasteiger partial charge is 0.242 e. The molecule has 0 aliphatic rings. The predicted molar refractivity (Wildman–Crippen MR) is 105 cm³/mol. The van der Waals surface area contributed by atoms with E-state index in [1.54, 1.807) is 18.2 Å². The van der Waals surface area contributed by atoms with E-state index in [-0.39, 0.29) is 18.2 Å². The average molecular weight is 426 g/mol. The largest absolute Gasteiger partial charge is 0.338 e. The van der Waals surface area contributed by atoms with Crippen LogP contribution < -0.4 is 0 Å². The van der Waals surface area contributed by atoms with E-state index in [0.29, 0.717) is 21.4 Å². The lowest BCUT2D eigenvalue weighted by atomic mass is 10.1. The number of rotatable bonds is 6. The molecule has 27 heavy (non-hydrogen) atoms. The molecule has 0 bridgehead atoms. The molecule has 2 aromatic carbocycles. The molecule has 0 amide bonds. The second-order valence-corrected chi connectivity index (χ2v) is 8.98. The fraction of sp³-hybridized carbons (Fsp3) is 0.222. The van der Waals surface area contributed by atoms with Crippen molar-refractivity contribution in [3.05, 3.63) is 69.5 Å². The van der Waals surface area contributed by atoms with Gasteiger partial charge in [-0.2, -0.15) is 9.29 Å². The Morgan fingerprint density at radius 2 is 1.70 bits per heavy atom. The molecule has 9 heteroatoms. The van der Waals surface area contributed by atoms with E-state index in [9.17, 15) is 8.42 Å². The van der Waals surface area contributed by atoms with Gasteiger partial charge in [0, 0.05) is 28.2 Å². The summed E-state index contributed by atoms with van der Waals surface area (Å²) in [6.07, 6.45) is 0. The van der Waals surface area contributed by atoms with Crippen LogP contribution in [-0.2, 0) is 22.3 Å². The molecule has 3 rings (SSSR count). The molecule has 3 aromatic rings. The number of benzene rings is 2. The molecular weight excluding hydrogens is 409 g/mol. The summed E-state index contributed by atoms with van der Waals surface area (Å²) in [5.74, 6) is 0.285. The number of sulfonamides is 1. The van der Waals surface area contributed by atoms with E-state index in [1.165, 1.54) is 7.05 Å². The van der Waals surface area contributed by atoms with Crippen molar-refractivity contribution >= 4 is 33.2 Å². The molecule has 142 valence electrons. The van der Waals surface area contributed by atoms with Crippen LogP contribution in [0.5, 0.6) is 0 Å². The zero-order valence-corrected chi connectivity index (χ0v) is 17.0. The highest BCUT2D eigenvalue weighted by atomic mass is 35.5. The third-order valence-corrected chi connectivity index (χ3v) is 6.44. The van der Waals surface area contributed by atoms with Crippen molar-refractivity contribution in [2.24, 2.45) is 0 Å². The Morgan fingerprint density at radius 1 is 1.07 bits per heavy atom. The lowest BCUT2D eigenvalue weighted by Gasteiger charge is -2.16. The number of hydrogen-bond acceptors (Lipinski definition) is 5. The van der Waals surface area contributed by atoms with Crippen molar-refractivity contribution in [3.63, 3.8) is 0 Å². The molecule has 0 N–H and O–H groups in total. The molecule has 1 heterocycles. The molecule has 0 saturated heterocycles. The summed E-state index contributed by atoms with van der Waals surface area (Å²) in [4.78, 5) is 4.27. The van der Waals surface area contributed by atoms with Crippen LogP contribution in [0.3, 0.4) is 0 Å².